The number of anilines is 1. The summed E-state index contributed by atoms with van der Waals surface area (Å²) in [7, 11) is 0. The number of hydrogen-bond donors (Lipinski definition) is 1. The van der Waals surface area contributed by atoms with Crippen LogP contribution in [0.1, 0.15) is 11.1 Å². The van der Waals surface area contributed by atoms with Crippen LogP contribution < -0.4 is 10.1 Å². The summed E-state index contributed by atoms with van der Waals surface area (Å²) in [5, 5.41) is 11.6. The van der Waals surface area contributed by atoms with E-state index in [1.54, 1.807) is 24.3 Å². The lowest BCUT2D eigenvalue weighted by atomic mass is 10.2. The molecule has 5 heteroatoms. The maximum absolute atomic E-state index is 11.9. The standard InChI is InChI=1S/C16H13BrN2O2/c1-11-5-6-15(14(17)7-11)19-16(20)10-21-13-4-2-3-12(8-13)9-18/h2-8H,10H2,1H3,(H,19,20). The first kappa shape index (κ1) is 15.1. The van der Waals surface area contributed by atoms with Crippen LogP contribution in [0.2, 0.25) is 0 Å². The zero-order chi connectivity index (χ0) is 15.2. The molecule has 0 aliphatic carbocycles. The van der Waals surface area contributed by atoms with Crippen LogP contribution in [-0.2, 0) is 4.79 Å². The Morgan fingerprint density at radius 2 is 2.14 bits per heavy atom. The smallest absolute Gasteiger partial charge is 0.262 e. The zero-order valence-corrected chi connectivity index (χ0v) is 13.0. The number of aryl methyl sites for hydroxylation is 1. The molecule has 0 atom stereocenters. The summed E-state index contributed by atoms with van der Waals surface area (Å²) < 4.78 is 6.19. The molecule has 0 radical (unpaired) electrons. The molecular weight excluding hydrogens is 332 g/mol. The van der Waals surface area contributed by atoms with Crippen molar-refractivity contribution in [2.45, 2.75) is 6.92 Å². The minimum atomic E-state index is -0.262. The Bertz CT molecular complexity index is 708. The van der Waals surface area contributed by atoms with Crippen LogP contribution in [0, 0.1) is 18.3 Å². The summed E-state index contributed by atoms with van der Waals surface area (Å²) in [5.41, 5.74) is 2.29. The van der Waals surface area contributed by atoms with Crippen molar-refractivity contribution in [3.63, 3.8) is 0 Å². The number of carbonyl (C=O) groups excluding carboxylic acids is 1. The van der Waals surface area contributed by atoms with E-state index in [2.05, 4.69) is 21.2 Å². The minimum absolute atomic E-state index is 0.116. The van der Waals surface area contributed by atoms with E-state index in [4.69, 9.17) is 10.00 Å². The lowest BCUT2D eigenvalue weighted by Gasteiger charge is -2.09. The molecule has 0 fully saturated rings. The Hall–Kier alpha value is -2.32. The highest BCUT2D eigenvalue weighted by Crippen LogP contribution is 2.23. The van der Waals surface area contributed by atoms with Crippen molar-refractivity contribution >= 4 is 27.5 Å². The number of nitrogens with one attached hydrogen (secondary N) is 1. The Morgan fingerprint density at radius 3 is 2.86 bits per heavy atom. The maximum atomic E-state index is 11.9. The number of carbonyl (C=O) groups is 1. The van der Waals surface area contributed by atoms with E-state index in [0.717, 1.165) is 10.0 Å². The van der Waals surface area contributed by atoms with Crippen molar-refractivity contribution in [2.24, 2.45) is 0 Å². The van der Waals surface area contributed by atoms with Gasteiger partial charge in [0.2, 0.25) is 0 Å². The number of hydrogen-bond acceptors (Lipinski definition) is 3. The molecule has 2 aromatic carbocycles. The van der Waals surface area contributed by atoms with Gasteiger partial charge in [0.05, 0.1) is 17.3 Å². The van der Waals surface area contributed by atoms with Gasteiger partial charge in [-0.25, -0.2) is 0 Å². The third kappa shape index (κ3) is 4.33. The van der Waals surface area contributed by atoms with Gasteiger partial charge in [0.1, 0.15) is 5.75 Å². The monoisotopic (exact) mass is 344 g/mol. The van der Waals surface area contributed by atoms with Crippen LogP contribution in [0.3, 0.4) is 0 Å². The topological polar surface area (TPSA) is 62.1 Å². The third-order valence-corrected chi connectivity index (χ3v) is 3.39. The quantitative estimate of drug-likeness (QED) is 0.920. The van der Waals surface area contributed by atoms with Gasteiger partial charge in [-0.05, 0) is 58.7 Å². The normalized spacial score (nSPS) is 9.76. The van der Waals surface area contributed by atoms with E-state index < -0.39 is 0 Å². The van der Waals surface area contributed by atoms with Crippen LogP contribution in [0.4, 0.5) is 5.69 Å². The molecule has 0 aliphatic heterocycles. The van der Waals surface area contributed by atoms with E-state index in [1.807, 2.05) is 31.2 Å². The minimum Gasteiger partial charge on any atom is -0.484 e. The number of nitriles is 1. The summed E-state index contributed by atoms with van der Waals surface area (Å²) in [6.07, 6.45) is 0. The first-order valence-electron chi connectivity index (χ1n) is 6.27. The maximum Gasteiger partial charge on any atom is 0.262 e. The first-order chi connectivity index (χ1) is 10.1. The lowest BCUT2D eigenvalue weighted by Crippen LogP contribution is -2.20. The van der Waals surface area contributed by atoms with Gasteiger partial charge in [-0.2, -0.15) is 5.26 Å². The van der Waals surface area contributed by atoms with Crippen molar-refractivity contribution in [2.75, 3.05) is 11.9 Å². The molecule has 106 valence electrons. The van der Waals surface area contributed by atoms with E-state index in [9.17, 15) is 4.79 Å². The fourth-order valence-corrected chi connectivity index (χ4v) is 2.30. The second kappa shape index (κ2) is 6.91. The molecule has 0 aliphatic rings. The Kier molecular flexibility index (Phi) is 4.96. The molecule has 1 amide bonds. The average Bonchev–Trinajstić information content (AvgIpc) is 2.48. The second-order valence-electron chi connectivity index (χ2n) is 4.46. The van der Waals surface area contributed by atoms with Crippen molar-refractivity contribution in [3.8, 4) is 11.8 Å². The van der Waals surface area contributed by atoms with E-state index >= 15 is 0 Å². The molecule has 4 nitrogen and oxygen atoms in total. The van der Waals surface area contributed by atoms with Gasteiger partial charge in [0.25, 0.3) is 5.91 Å². The first-order valence-corrected chi connectivity index (χ1v) is 7.07. The molecule has 0 unspecified atom stereocenters. The van der Waals surface area contributed by atoms with Crippen molar-refractivity contribution in [1.82, 2.24) is 0 Å². The van der Waals surface area contributed by atoms with Gasteiger partial charge < -0.3 is 10.1 Å². The fraction of sp³-hybridized carbons (Fsp3) is 0.125. The van der Waals surface area contributed by atoms with Crippen LogP contribution >= 0.6 is 15.9 Å². The highest BCUT2D eigenvalue weighted by Gasteiger charge is 2.07. The van der Waals surface area contributed by atoms with Gasteiger partial charge in [0.15, 0.2) is 6.61 Å². The number of amides is 1. The summed E-state index contributed by atoms with van der Waals surface area (Å²) in [6.45, 7) is 1.86. The van der Waals surface area contributed by atoms with Gasteiger partial charge in [-0.3, -0.25) is 4.79 Å². The van der Waals surface area contributed by atoms with Crippen LogP contribution in [0.25, 0.3) is 0 Å². The summed E-state index contributed by atoms with van der Waals surface area (Å²) in [4.78, 5) is 11.9. The molecule has 21 heavy (non-hydrogen) atoms. The Morgan fingerprint density at radius 1 is 1.33 bits per heavy atom. The molecule has 0 heterocycles. The number of benzene rings is 2. The molecule has 2 rings (SSSR count). The third-order valence-electron chi connectivity index (χ3n) is 2.73. The fourth-order valence-electron chi connectivity index (χ4n) is 1.71. The molecule has 0 spiro atoms. The summed E-state index contributed by atoms with van der Waals surface area (Å²) >= 11 is 3.40. The Labute approximate surface area is 131 Å². The summed E-state index contributed by atoms with van der Waals surface area (Å²) in [5.74, 6) is 0.231. The van der Waals surface area contributed by atoms with E-state index in [1.165, 1.54) is 0 Å². The number of rotatable bonds is 4. The van der Waals surface area contributed by atoms with E-state index in [-0.39, 0.29) is 12.5 Å². The van der Waals surface area contributed by atoms with Crippen molar-refractivity contribution in [3.05, 3.63) is 58.1 Å². The van der Waals surface area contributed by atoms with Crippen molar-refractivity contribution < 1.29 is 9.53 Å². The number of halogens is 1. The number of nitrogens with zero attached hydrogens (tertiary/aromatic N) is 1. The lowest BCUT2D eigenvalue weighted by molar-refractivity contribution is -0.118. The van der Waals surface area contributed by atoms with Crippen molar-refractivity contribution in [1.29, 1.82) is 5.26 Å². The highest BCUT2D eigenvalue weighted by molar-refractivity contribution is 9.10. The average molecular weight is 345 g/mol. The Balaban J connectivity index is 1.94. The van der Waals surface area contributed by atoms with Gasteiger partial charge in [-0.15, -0.1) is 0 Å². The zero-order valence-electron chi connectivity index (χ0n) is 11.4. The predicted octanol–water partition coefficient (Wildman–Crippen LogP) is 3.65. The molecule has 0 aromatic heterocycles. The van der Waals surface area contributed by atoms with Crippen LogP contribution in [0.15, 0.2) is 46.9 Å². The molecule has 0 bridgehead atoms. The molecule has 0 saturated carbocycles. The largest absolute Gasteiger partial charge is 0.484 e. The molecular formula is C16H13BrN2O2. The van der Waals surface area contributed by atoms with E-state index in [0.29, 0.717) is 17.0 Å². The summed E-state index contributed by atoms with van der Waals surface area (Å²) in [6, 6.07) is 14.4. The van der Waals surface area contributed by atoms with Gasteiger partial charge in [-0.1, -0.05) is 12.1 Å². The predicted molar refractivity (Wildman–Crippen MR) is 84.2 cm³/mol. The molecule has 1 N–H and O–H groups in total. The second-order valence-corrected chi connectivity index (χ2v) is 5.31. The molecule has 2 aromatic rings. The number of ether oxygens (including phenoxy) is 1. The molecule has 0 saturated heterocycles. The van der Waals surface area contributed by atoms with Gasteiger partial charge in [0, 0.05) is 4.47 Å². The SMILES string of the molecule is Cc1ccc(NC(=O)COc2cccc(C#N)c2)c(Br)c1. The van der Waals surface area contributed by atoms with Crippen LogP contribution in [0.5, 0.6) is 5.75 Å². The highest BCUT2D eigenvalue weighted by atomic mass is 79.9. The van der Waals surface area contributed by atoms with Crippen LogP contribution in [-0.4, -0.2) is 12.5 Å². The van der Waals surface area contributed by atoms with Gasteiger partial charge >= 0.3 is 0 Å².